The van der Waals surface area contributed by atoms with Crippen molar-refractivity contribution >= 4 is 29.0 Å². The van der Waals surface area contributed by atoms with Gasteiger partial charge < -0.3 is 26.2 Å². The van der Waals surface area contributed by atoms with E-state index in [0.29, 0.717) is 23.7 Å². The summed E-state index contributed by atoms with van der Waals surface area (Å²) in [5.41, 5.74) is 9.93. The number of nitrogens with two attached hydrogens (primary N) is 1. The van der Waals surface area contributed by atoms with Crippen LogP contribution in [0.1, 0.15) is 11.1 Å². The molecule has 0 fully saturated rings. The molecule has 0 aromatic heterocycles. The van der Waals surface area contributed by atoms with Crippen molar-refractivity contribution in [2.24, 2.45) is 0 Å². The molecule has 0 unspecified atom stereocenters. The van der Waals surface area contributed by atoms with E-state index < -0.39 is 0 Å². The van der Waals surface area contributed by atoms with E-state index in [4.69, 9.17) is 15.6 Å². The molecular weight excluding hydrogens is 378 g/mol. The molecule has 0 saturated heterocycles. The van der Waals surface area contributed by atoms with Crippen LogP contribution in [-0.4, -0.2) is 24.2 Å². The van der Waals surface area contributed by atoms with Gasteiger partial charge in [0, 0.05) is 24.4 Å². The number of carbonyl (C=O) groups is 1. The predicted molar refractivity (Wildman–Crippen MR) is 121 cm³/mol. The number of carbonyl (C=O) groups excluding carboxylic acids is 1. The first-order valence-corrected chi connectivity index (χ1v) is 9.64. The quantitative estimate of drug-likeness (QED) is 0.321. The third kappa shape index (κ3) is 6.39. The van der Waals surface area contributed by atoms with Crippen LogP contribution in [0.2, 0.25) is 0 Å². The highest BCUT2D eigenvalue weighted by Crippen LogP contribution is 2.19. The summed E-state index contributed by atoms with van der Waals surface area (Å²) in [5, 5.41) is 15.0. The summed E-state index contributed by atoms with van der Waals surface area (Å²) in [4.78, 5) is 12.1. The van der Waals surface area contributed by atoms with Gasteiger partial charge >= 0.3 is 0 Å². The molecule has 6 heteroatoms. The normalized spacial score (nSPS) is 10.7. The molecule has 0 atom stereocenters. The molecule has 0 saturated carbocycles. The number of hydrogen-bond acceptors (Lipinski definition) is 5. The number of aliphatic hydroxyl groups excluding tert-OH is 1. The highest BCUT2D eigenvalue weighted by atomic mass is 16.5. The first kappa shape index (κ1) is 21.0. The van der Waals surface area contributed by atoms with Gasteiger partial charge in [0.25, 0.3) is 0 Å². The lowest BCUT2D eigenvalue weighted by atomic mass is 10.1. The zero-order valence-electron chi connectivity index (χ0n) is 16.5. The topological polar surface area (TPSA) is 96.6 Å². The van der Waals surface area contributed by atoms with E-state index in [-0.39, 0.29) is 19.1 Å². The number of para-hydroxylation sites is 2. The summed E-state index contributed by atoms with van der Waals surface area (Å²) in [6, 6.07) is 22.7. The molecule has 0 aliphatic carbocycles. The number of ether oxygens (including phenoxy) is 1. The maximum atomic E-state index is 12.1. The summed E-state index contributed by atoms with van der Waals surface area (Å²) in [6.07, 6.45) is 3.24. The van der Waals surface area contributed by atoms with Gasteiger partial charge in [0.15, 0.2) is 0 Å². The molecule has 0 bridgehead atoms. The monoisotopic (exact) mass is 403 g/mol. The standard InChI is InChI=1S/C24H25N3O3/c25-22-6-1-2-7-23(22)27-24(29)13-12-18-8-10-19(11-9-18)17-26-20-4-3-5-21(16-20)30-15-14-28/h1-13,16,26,28H,14-15,17,25H2,(H,27,29). The Bertz CT molecular complexity index is 1000. The van der Waals surface area contributed by atoms with E-state index in [1.165, 1.54) is 6.08 Å². The molecule has 0 spiro atoms. The molecule has 154 valence electrons. The van der Waals surface area contributed by atoms with Gasteiger partial charge in [-0.25, -0.2) is 0 Å². The van der Waals surface area contributed by atoms with Crippen molar-refractivity contribution in [2.75, 3.05) is 29.6 Å². The number of aliphatic hydroxyl groups is 1. The molecule has 3 aromatic rings. The summed E-state index contributed by atoms with van der Waals surface area (Å²) >= 11 is 0. The largest absolute Gasteiger partial charge is 0.491 e. The van der Waals surface area contributed by atoms with E-state index >= 15 is 0 Å². The average Bonchev–Trinajstić information content (AvgIpc) is 2.77. The van der Waals surface area contributed by atoms with Crippen LogP contribution in [0.4, 0.5) is 17.1 Å². The minimum atomic E-state index is -0.234. The first-order valence-electron chi connectivity index (χ1n) is 9.64. The van der Waals surface area contributed by atoms with Gasteiger partial charge in [-0.05, 0) is 41.5 Å². The molecule has 3 aromatic carbocycles. The maximum absolute atomic E-state index is 12.1. The number of amides is 1. The predicted octanol–water partition coefficient (Wildman–Crippen LogP) is 3.90. The second kappa shape index (κ2) is 10.7. The summed E-state index contributed by atoms with van der Waals surface area (Å²) in [6.45, 7) is 0.914. The Morgan fingerprint density at radius 1 is 1.03 bits per heavy atom. The second-order valence-corrected chi connectivity index (χ2v) is 6.60. The van der Waals surface area contributed by atoms with Gasteiger partial charge in [-0.2, -0.15) is 0 Å². The van der Waals surface area contributed by atoms with Gasteiger partial charge in [0.05, 0.1) is 18.0 Å². The van der Waals surface area contributed by atoms with Crippen molar-refractivity contribution < 1.29 is 14.6 Å². The van der Waals surface area contributed by atoms with Crippen LogP contribution in [0.25, 0.3) is 6.08 Å². The molecule has 0 aliphatic rings. The Balaban J connectivity index is 1.52. The van der Waals surface area contributed by atoms with E-state index in [2.05, 4.69) is 10.6 Å². The van der Waals surface area contributed by atoms with E-state index in [1.807, 2.05) is 60.7 Å². The maximum Gasteiger partial charge on any atom is 0.248 e. The van der Waals surface area contributed by atoms with Crippen LogP contribution >= 0.6 is 0 Å². The minimum Gasteiger partial charge on any atom is -0.491 e. The highest BCUT2D eigenvalue weighted by Gasteiger charge is 2.01. The van der Waals surface area contributed by atoms with Crippen molar-refractivity contribution in [1.82, 2.24) is 0 Å². The van der Waals surface area contributed by atoms with Crippen LogP contribution in [0.15, 0.2) is 78.9 Å². The molecule has 6 nitrogen and oxygen atoms in total. The van der Waals surface area contributed by atoms with Gasteiger partial charge in [0.1, 0.15) is 12.4 Å². The second-order valence-electron chi connectivity index (χ2n) is 6.60. The van der Waals surface area contributed by atoms with Crippen LogP contribution < -0.4 is 21.1 Å². The molecule has 0 heterocycles. The third-order valence-corrected chi connectivity index (χ3v) is 4.32. The number of nitrogens with one attached hydrogen (secondary N) is 2. The first-order chi connectivity index (χ1) is 14.6. The van der Waals surface area contributed by atoms with Crippen LogP contribution in [0.5, 0.6) is 5.75 Å². The van der Waals surface area contributed by atoms with Crippen LogP contribution in [-0.2, 0) is 11.3 Å². The van der Waals surface area contributed by atoms with E-state index in [0.717, 1.165) is 16.8 Å². The lowest BCUT2D eigenvalue weighted by Gasteiger charge is -2.09. The van der Waals surface area contributed by atoms with Gasteiger partial charge in [-0.3, -0.25) is 4.79 Å². The van der Waals surface area contributed by atoms with E-state index in [1.54, 1.807) is 18.2 Å². The number of rotatable bonds is 9. The van der Waals surface area contributed by atoms with Crippen molar-refractivity contribution in [3.05, 3.63) is 90.0 Å². The third-order valence-electron chi connectivity index (χ3n) is 4.32. The highest BCUT2D eigenvalue weighted by molar-refractivity contribution is 6.03. The zero-order chi connectivity index (χ0) is 21.2. The summed E-state index contributed by atoms with van der Waals surface area (Å²) in [5.74, 6) is 0.479. The Hall–Kier alpha value is -3.77. The Morgan fingerprint density at radius 2 is 1.83 bits per heavy atom. The number of nitrogen functional groups attached to an aromatic ring is 1. The molecule has 30 heavy (non-hydrogen) atoms. The SMILES string of the molecule is Nc1ccccc1NC(=O)C=Cc1ccc(CNc2cccc(OCCO)c2)cc1. The van der Waals surface area contributed by atoms with Crippen LogP contribution in [0, 0.1) is 0 Å². The number of anilines is 3. The van der Waals surface area contributed by atoms with Gasteiger partial charge in [-0.1, -0.05) is 42.5 Å². The minimum absolute atomic E-state index is 0.0135. The Kier molecular flexibility index (Phi) is 7.46. The summed E-state index contributed by atoms with van der Waals surface area (Å²) in [7, 11) is 0. The fourth-order valence-corrected chi connectivity index (χ4v) is 2.77. The van der Waals surface area contributed by atoms with E-state index in [9.17, 15) is 4.79 Å². The molecular formula is C24H25N3O3. The average molecular weight is 403 g/mol. The van der Waals surface area contributed by atoms with Gasteiger partial charge in [0.2, 0.25) is 5.91 Å². The van der Waals surface area contributed by atoms with Crippen LogP contribution in [0.3, 0.4) is 0 Å². The molecule has 0 aliphatic heterocycles. The summed E-state index contributed by atoms with van der Waals surface area (Å²) < 4.78 is 5.42. The molecule has 3 rings (SSSR count). The number of hydrogen-bond donors (Lipinski definition) is 4. The molecule has 5 N–H and O–H groups in total. The van der Waals surface area contributed by atoms with Crippen molar-refractivity contribution in [3.63, 3.8) is 0 Å². The lowest BCUT2D eigenvalue weighted by Crippen LogP contribution is -2.09. The zero-order valence-corrected chi connectivity index (χ0v) is 16.5. The molecule has 0 radical (unpaired) electrons. The van der Waals surface area contributed by atoms with Gasteiger partial charge in [-0.15, -0.1) is 0 Å². The lowest BCUT2D eigenvalue weighted by molar-refractivity contribution is -0.111. The van der Waals surface area contributed by atoms with Crippen molar-refractivity contribution in [3.8, 4) is 5.75 Å². The van der Waals surface area contributed by atoms with Crippen molar-refractivity contribution in [2.45, 2.75) is 6.54 Å². The van der Waals surface area contributed by atoms with Crippen molar-refractivity contribution in [1.29, 1.82) is 0 Å². The molecule has 1 amide bonds. The number of benzene rings is 3. The fourth-order valence-electron chi connectivity index (χ4n) is 2.77. The smallest absolute Gasteiger partial charge is 0.248 e. The Labute approximate surface area is 176 Å². The fraction of sp³-hybridized carbons (Fsp3) is 0.125. The Morgan fingerprint density at radius 3 is 2.60 bits per heavy atom.